The fourth-order valence-electron chi connectivity index (χ4n) is 1.68. The van der Waals surface area contributed by atoms with Gasteiger partial charge in [-0.05, 0) is 25.5 Å². The van der Waals surface area contributed by atoms with Crippen LogP contribution in [0.3, 0.4) is 0 Å². The summed E-state index contributed by atoms with van der Waals surface area (Å²) in [5.41, 5.74) is 0.976. The number of carboxylic acids is 1. The average Bonchev–Trinajstić information content (AvgIpc) is 2.98. The van der Waals surface area contributed by atoms with Crippen molar-refractivity contribution in [3.63, 3.8) is 0 Å². The number of rotatable bonds is 3. The van der Waals surface area contributed by atoms with Crippen LogP contribution in [-0.2, 0) is 14.6 Å². The lowest BCUT2D eigenvalue weighted by molar-refractivity contribution is -0.138. The van der Waals surface area contributed by atoms with Gasteiger partial charge in [-0.2, -0.15) is 0 Å². The third kappa shape index (κ3) is 1.82. The molecule has 1 aliphatic carbocycles. The predicted octanol–water partition coefficient (Wildman–Crippen LogP) is 1.24. The Balaban J connectivity index is 2.28. The van der Waals surface area contributed by atoms with Crippen LogP contribution in [-0.4, -0.2) is 24.7 Å². The number of hydrogen-bond donors (Lipinski definition) is 1. The maximum atomic E-state index is 12.0. The number of aryl methyl sites for hydroxylation is 1. The average molecular weight is 240 g/mol. The lowest BCUT2D eigenvalue weighted by Crippen LogP contribution is -2.13. The molecule has 1 aliphatic rings. The van der Waals surface area contributed by atoms with E-state index in [-0.39, 0.29) is 11.3 Å². The minimum Gasteiger partial charge on any atom is -0.481 e. The van der Waals surface area contributed by atoms with Crippen molar-refractivity contribution >= 4 is 15.8 Å². The second-order valence-corrected chi connectivity index (χ2v) is 6.24. The molecule has 4 nitrogen and oxygen atoms in total. The van der Waals surface area contributed by atoms with Crippen molar-refractivity contribution in [3.05, 3.63) is 29.8 Å². The van der Waals surface area contributed by atoms with E-state index < -0.39 is 27.0 Å². The van der Waals surface area contributed by atoms with Crippen LogP contribution in [0.1, 0.15) is 12.0 Å². The highest BCUT2D eigenvalue weighted by Crippen LogP contribution is 2.40. The largest absolute Gasteiger partial charge is 0.481 e. The van der Waals surface area contributed by atoms with Gasteiger partial charge in [0.25, 0.3) is 0 Å². The minimum absolute atomic E-state index is 0.215. The number of carbonyl (C=O) groups is 1. The molecule has 0 aliphatic heterocycles. The van der Waals surface area contributed by atoms with Gasteiger partial charge < -0.3 is 5.11 Å². The maximum absolute atomic E-state index is 12.0. The van der Waals surface area contributed by atoms with Gasteiger partial charge in [-0.15, -0.1) is 0 Å². The molecule has 0 amide bonds. The predicted molar refractivity (Wildman–Crippen MR) is 57.9 cm³/mol. The topological polar surface area (TPSA) is 71.4 Å². The van der Waals surface area contributed by atoms with Crippen LogP contribution in [0.25, 0.3) is 0 Å². The Morgan fingerprint density at radius 3 is 2.31 bits per heavy atom. The van der Waals surface area contributed by atoms with Crippen LogP contribution < -0.4 is 0 Å². The molecule has 0 aromatic heterocycles. The molecule has 16 heavy (non-hydrogen) atoms. The first kappa shape index (κ1) is 11.1. The van der Waals surface area contributed by atoms with E-state index in [0.29, 0.717) is 0 Å². The summed E-state index contributed by atoms with van der Waals surface area (Å²) in [6.45, 7) is 1.87. The van der Waals surface area contributed by atoms with Gasteiger partial charge in [-0.1, -0.05) is 17.7 Å². The second-order valence-electron chi connectivity index (χ2n) is 4.08. The van der Waals surface area contributed by atoms with Crippen molar-refractivity contribution < 1.29 is 18.3 Å². The number of aliphatic carboxylic acids is 1. The highest BCUT2D eigenvalue weighted by atomic mass is 32.2. The highest BCUT2D eigenvalue weighted by Gasteiger charge is 2.52. The molecule has 86 valence electrons. The first-order chi connectivity index (χ1) is 7.43. The van der Waals surface area contributed by atoms with Crippen LogP contribution in [0.4, 0.5) is 0 Å². The molecule has 2 unspecified atom stereocenters. The van der Waals surface area contributed by atoms with Crippen molar-refractivity contribution in [1.29, 1.82) is 0 Å². The monoisotopic (exact) mass is 240 g/mol. The number of benzene rings is 1. The Morgan fingerprint density at radius 2 is 1.88 bits per heavy atom. The van der Waals surface area contributed by atoms with E-state index >= 15 is 0 Å². The quantitative estimate of drug-likeness (QED) is 0.862. The molecule has 0 saturated heterocycles. The van der Waals surface area contributed by atoms with Gasteiger partial charge >= 0.3 is 5.97 Å². The van der Waals surface area contributed by atoms with Crippen molar-refractivity contribution in [2.45, 2.75) is 23.5 Å². The summed E-state index contributed by atoms with van der Waals surface area (Å²) in [7, 11) is -3.46. The van der Waals surface area contributed by atoms with E-state index in [1.807, 2.05) is 6.92 Å². The number of sulfone groups is 1. The minimum atomic E-state index is -3.46. The zero-order valence-corrected chi connectivity index (χ0v) is 9.57. The van der Waals surface area contributed by atoms with Crippen LogP contribution in [0.15, 0.2) is 29.2 Å². The van der Waals surface area contributed by atoms with E-state index in [1.165, 1.54) is 12.1 Å². The van der Waals surface area contributed by atoms with E-state index in [1.54, 1.807) is 12.1 Å². The van der Waals surface area contributed by atoms with Crippen LogP contribution in [0.5, 0.6) is 0 Å². The summed E-state index contributed by atoms with van der Waals surface area (Å²) in [5.74, 6) is -1.76. The first-order valence-electron chi connectivity index (χ1n) is 4.96. The molecule has 1 fully saturated rings. The van der Waals surface area contributed by atoms with Crippen molar-refractivity contribution in [1.82, 2.24) is 0 Å². The molecular formula is C11H12O4S. The van der Waals surface area contributed by atoms with E-state index in [0.717, 1.165) is 5.56 Å². The smallest absolute Gasteiger partial charge is 0.307 e. The van der Waals surface area contributed by atoms with Gasteiger partial charge in [0.15, 0.2) is 9.84 Å². The Hall–Kier alpha value is -1.36. The summed E-state index contributed by atoms with van der Waals surface area (Å²) < 4.78 is 23.9. The first-order valence-corrected chi connectivity index (χ1v) is 6.51. The standard InChI is InChI=1S/C11H12O4S/c1-7-2-4-8(5-3-7)16(14,15)10-6-9(10)11(12)13/h2-5,9-10H,6H2,1H3,(H,12,13). The van der Waals surface area contributed by atoms with Gasteiger partial charge in [0.05, 0.1) is 16.1 Å². The lowest BCUT2D eigenvalue weighted by atomic mass is 10.2. The number of hydrogen-bond acceptors (Lipinski definition) is 3. The molecule has 0 spiro atoms. The Kier molecular flexibility index (Phi) is 2.50. The van der Waals surface area contributed by atoms with Gasteiger partial charge in [0.1, 0.15) is 0 Å². The van der Waals surface area contributed by atoms with Crippen molar-refractivity contribution in [2.24, 2.45) is 5.92 Å². The molecular weight excluding hydrogens is 228 g/mol. The zero-order valence-electron chi connectivity index (χ0n) is 8.75. The molecule has 0 radical (unpaired) electrons. The fourth-order valence-corrected chi connectivity index (χ4v) is 3.55. The van der Waals surface area contributed by atoms with Gasteiger partial charge in [-0.25, -0.2) is 8.42 Å². The molecule has 1 N–H and O–H groups in total. The normalized spacial score (nSPS) is 24.1. The second kappa shape index (κ2) is 3.59. The molecule has 0 heterocycles. The van der Waals surface area contributed by atoms with Crippen molar-refractivity contribution in [3.8, 4) is 0 Å². The zero-order chi connectivity index (χ0) is 11.9. The maximum Gasteiger partial charge on any atom is 0.307 e. The fraction of sp³-hybridized carbons (Fsp3) is 0.364. The van der Waals surface area contributed by atoms with E-state index in [2.05, 4.69) is 0 Å². The summed E-state index contributed by atoms with van der Waals surface area (Å²) >= 11 is 0. The Morgan fingerprint density at radius 1 is 1.31 bits per heavy atom. The molecule has 1 saturated carbocycles. The molecule has 2 atom stereocenters. The van der Waals surface area contributed by atoms with E-state index in [4.69, 9.17) is 5.11 Å². The molecule has 1 aromatic rings. The van der Waals surface area contributed by atoms with Crippen LogP contribution >= 0.6 is 0 Å². The Labute approximate surface area is 93.8 Å². The van der Waals surface area contributed by atoms with Crippen LogP contribution in [0, 0.1) is 12.8 Å². The molecule has 0 bridgehead atoms. The summed E-state index contributed by atoms with van der Waals surface area (Å²) in [4.78, 5) is 10.9. The van der Waals surface area contributed by atoms with Crippen molar-refractivity contribution in [2.75, 3.05) is 0 Å². The highest BCUT2D eigenvalue weighted by molar-refractivity contribution is 7.92. The molecule has 5 heteroatoms. The lowest BCUT2D eigenvalue weighted by Gasteiger charge is -2.03. The van der Waals surface area contributed by atoms with Gasteiger partial charge in [0.2, 0.25) is 0 Å². The van der Waals surface area contributed by atoms with Gasteiger partial charge in [-0.3, -0.25) is 4.79 Å². The van der Waals surface area contributed by atoms with Gasteiger partial charge in [0, 0.05) is 0 Å². The summed E-state index contributed by atoms with van der Waals surface area (Å²) in [6, 6.07) is 6.49. The van der Waals surface area contributed by atoms with E-state index in [9.17, 15) is 13.2 Å². The van der Waals surface area contributed by atoms with Crippen LogP contribution in [0.2, 0.25) is 0 Å². The molecule has 2 rings (SSSR count). The third-order valence-corrected chi connectivity index (χ3v) is 5.04. The summed E-state index contributed by atoms with van der Waals surface area (Å²) in [5, 5.41) is 7.97. The third-order valence-electron chi connectivity index (χ3n) is 2.80. The Bertz CT molecular complexity index is 515. The number of carboxylic acid groups (broad SMARTS) is 1. The SMILES string of the molecule is Cc1ccc(S(=O)(=O)C2CC2C(=O)O)cc1. The molecule has 1 aromatic carbocycles. The summed E-state index contributed by atoms with van der Waals surface area (Å²) in [6.07, 6.45) is 0.228.